The Hall–Kier alpha value is -0.970. The maximum Gasteiger partial charge on any atom is 0.384 e. The van der Waals surface area contributed by atoms with Gasteiger partial charge in [0.1, 0.15) is 0 Å². The number of carbonyl (C=O) groups is 1. The smallest absolute Gasteiger partial charge is 0.384 e. The van der Waals surface area contributed by atoms with E-state index in [0.717, 1.165) is 12.8 Å². The Kier molecular flexibility index (Phi) is 8.44. The lowest BCUT2D eigenvalue weighted by Crippen LogP contribution is -2.02. The van der Waals surface area contributed by atoms with Gasteiger partial charge in [0.2, 0.25) is 0 Å². The monoisotopic (exact) mass is 182 g/mol. The summed E-state index contributed by atoms with van der Waals surface area (Å²) in [6.45, 7) is 2.66. The van der Waals surface area contributed by atoms with Crippen LogP contribution in [0.3, 0.4) is 0 Å². The lowest BCUT2D eigenvalue weighted by Gasteiger charge is -2.00. The fourth-order valence-corrected chi connectivity index (χ4v) is 1.09. The number of hydrogen-bond acceptors (Lipinski definition) is 2. The van der Waals surface area contributed by atoms with Crippen molar-refractivity contribution in [3.05, 3.63) is 0 Å². The standard InChI is InChI=1S/C11H18O2/c1-3-5-6-7-8-9-10-13-11(12)4-2/h2H,3,5-10H2,1H3. The summed E-state index contributed by atoms with van der Waals surface area (Å²) in [4.78, 5) is 10.5. The molecule has 0 atom stereocenters. The zero-order valence-electron chi connectivity index (χ0n) is 8.34. The van der Waals surface area contributed by atoms with Crippen LogP contribution >= 0.6 is 0 Å². The zero-order chi connectivity index (χ0) is 9.94. The van der Waals surface area contributed by atoms with Crippen LogP contribution in [0.4, 0.5) is 0 Å². The fourth-order valence-electron chi connectivity index (χ4n) is 1.09. The Morgan fingerprint density at radius 1 is 1.23 bits per heavy atom. The molecule has 0 amide bonds. The largest absolute Gasteiger partial charge is 0.456 e. The van der Waals surface area contributed by atoms with Crippen LogP contribution in [0.15, 0.2) is 0 Å². The van der Waals surface area contributed by atoms with Gasteiger partial charge in [0.25, 0.3) is 0 Å². The molecular formula is C11H18O2. The predicted molar refractivity (Wildman–Crippen MR) is 53.2 cm³/mol. The van der Waals surface area contributed by atoms with Crippen LogP contribution in [-0.2, 0) is 9.53 Å². The van der Waals surface area contributed by atoms with Crippen molar-refractivity contribution in [2.75, 3.05) is 6.61 Å². The number of rotatable bonds is 7. The molecule has 0 fully saturated rings. The van der Waals surface area contributed by atoms with E-state index in [4.69, 9.17) is 11.2 Å². The lowest BCUT2D eigenvalue weighted by atomic mass is 10.1. The minimum absolute atomic E-state index is 0.467. The van der Waals surface area contributed by atoms with Crippen LogP contribution in [-0.4, -0.2) is 12.6 Å². The molecule has 0 spiro atoms. The van der Waals surface area contributed by atoms with Gasteiger partial charge >= 0.3 is 5.97 Å². The molecule has 0 aliphatic carbocycles. The Morgan fingerprint density at radius 2 is 1.85 bits per heavy atom. The molecule has 0 heterocycles. The van der Waals surface area contributed by atoms with E-state index in [0.29, 0.717) is 6.61 Å². The van der Waals surface area contributed by atoms with Crippen LogP contribution in [0.2, 0.25) is 0 Å². The van der Waals surface area contributed by atoms with Crippen molar-refractivity contribution in [1.82, 2.24) is 0 Å². The van der Waals surface area contributed by atoms with Gasteiger partial charge in [-0.05, 0) is 6.42 Å². The Balaban J connectivity index is 3.00. The average molecular weight is 182 g/mol. The lowest BCUT2D eigenvalue weighted by molar-refractivity contribution is -0.136. The maximum atomic E-state index is 10.5. The van der Waals surface area contributed by atoms with Gasteiger partial charge in [0, 0.05) is 5.92 Å². The second kappa shape index (κ2) is 9.12. The molecule has 0 rings (SSSR count). The maximum absolute atomic E-state index is 10.5. The van der Waals surface area contributed by atoms with E-state index in [2.05, 4.69) is 6.92 Å². The van der Waals surface area contributed by atoms with Crippen LogP contribution in [0.1, 0.15) is 45.4 Å². The van der Waals surface area contributed by atoms with Crippen molar-refractivity contribution in [3.63, 3.8) is 0 Å². The molecule has 74 valence electrons. The fraction of sp³-hybridized carbons (Fsp3) is 0.727. The summed E-state index contributed by atoms with van der Waals surface area (Å²) in [5.41, 5.74) is 0. The summed E-state index contributed by atoms with van der Waals surface area (Å²) in [5, 5.41) is 0. The van der Waals surface area contributed by atoms with E-state index in [9.17, 15) is 4.79 Å². The Labute approximate surface area is 80.7 Å². The zero-order valence-corrected chi connectivity index (χ0v) is 8.34. The van der Waals surface area contributed by atoms with Crippen LogP contribution in [0.5, 0.6) is 0 Å². The molecular weight excluding hydrogens is 164 g/mol. The van der Waals surface area contributed by atoms with Crippen molar-refractivity contribution in [3.8, 4) is 12.3 Å². The van der Waals surface area contributed by atoms with Gasteiger partial charge in [-0.25, -0.2) is 4.79 Å². The number of terminal acetylenes is 1. The van der Waals surface area contributed by atoms with Gasteiger partial charge in [-0.3, -0.25) is 0 Å². The first kappa shape index (κ1) is 12.0. The molecule has 0 aromatic rings. The highest BCUT2D eigenvalue weighted by Gasteiger charge is 1.95. The van der Waals surface area contributed by atoms with Crippen molar-refractivity contribution in [2.45, 2.75) is 45.4 Å². The van der Waals surface area contributed by atoms with Crippen molar-refractivity contribution in [2.24, 2.45) is 0 Å². The van der Waals surface area contributed by atoms with E-state index in [1.807, 2.05) is 5.92 Å². The van der Waals surface area contributed by atoms with E-state index in [1.165, 1.54) is 25.7 Å². The highest BCUT2D eigenvalue weighted by Crippen LogP contribution is 2.04. The molecule has 2 heteroatoms. The summed E-state index contributed by atoms with van der Waals surface area (Å²) >= 11 is 0. The molecule has 0 bridgehead atoms. The summed E-state index contributed by atoms with van der Waals surface area (Å²) in [6.07, 6.45) is 11.9. The summed E-state index contributed by atoms with van der Waals surface area (Å²) in [7, 11) is 0. The number of unbranched alkanes of at least 4 members (excludes halogenated alkanes) is 5. The number of hydrogen-bond donors (Lipinski definition) is 0. The quantitative estimate of drug-likeness (QED) is 0.262. The third kappa shape index (κ3) is 8.94. The molecule has 0 aliphatic rings. The van der Waals surface area contributed by atoms with Gasteiger partial charge in [-0.15, -0.1) is 6.42 Å². The van der Waals surface area contributed by atoms with E-state index < -0.39 is 5.97 Å². The van der Waals surface area contributed by atoms with Gasteiger partial charge in [-0.2, -0.15) is 0 Å². The topological polar surface area (TPSA) is 26.3 Å². The summed E-state index contributed by atoms with van der Waals surface area (Å²) < 4.78 is 4.72. The normalized spacial score (nSPS) is 9.23. The second-order valence-electron chi connectivity index (χ2n) is 3.05. The van der Waals surface area contributed by atoms with Gasteiger partial charge in [-0.1, -0.05) is 39.0 Å². The molecule has 0 aromatic heterocycles. The van der Waals surface area contributed by atoms with Gasteiger partial charge < -0.3 is 4.74 Å². The highest BCUT2D eigenvalue weighted by atomic mass is 16.5. The molecule has 0 saturated carbocycles. The summed E-state index contributed by atoms with van der Waals surface area (Å²) in [5.74, 6) is 1.37. The first-order chi connectivity index (χ1) is 6.31. The molecule has 13 heavy (non-hydrogen) atoms. The Bertz CT molecular complexity index is 167. The van der Waals surface area contributed by atoms with Gasteiger partial charge in [0.15, 0.2) is 0 Å². The predicted octanol–water partition coefficient (Wildman–Crippen LogP) is 2.52. The summed E-state index contributed by atoms with van der Waals surface area (Å²) in [6, 6.07) is 0. The van der Waals surface area contributed by atoms with Crippen LogP contribution in [0, 0.1) is 12.3 Å². The third-order valence-corrected chi connectivity index (χ3v) is 1.85. The highest BCUT2D eigenvalue weighted by molar-refractivity contribution is 5.87. The third-order valence-electron chi connectivity index (χ3n) is 1.85. The van der Waals surface area contributed by atoms with Crippen molar-refractivity contribution >= 4 is 5.97 Å². The number of carbonyl (C=O) groups excluding carboxylic acids is 1. The second-order valence-corrected chi connectivity index (χ2v) is 3.05. The minimum Gasteiger partial charge on any atom is -0.456 e. The first-order valence-corrected chi connectivity index (χ1v) is 4.94. The molecule has 0 radical (unpaired) electrons. The average Bonchev–Trinajstić information content (AvgIpc) is 2.16. The SMILES string of the molecule is C#CC(=O)OCCCCCCCC. The van der Waals surface area contributed by atoms with Crippen LogP contribution < -0.4 is 0 Å². The minimum atomic E-state index is -0.548. The van der Waals surface area contributed by atoms with E-state index in [-0.39, 0.29) is 0 Å². The molecule has 0 aromatic carbocycles. The van der Waals surface area contributed by atoms with E-state index >= 15 is 0 Å². The van der Waals surface area contributed by atoms with E-state index in [1.54, 1.807) is 0 Å². The first-order valence-electron chi connectivity index (χ1n) is 4.94. The molecule has 0 saturated heterocycles. The van der Waals surface area contributed by atoms with Gasteiger partial charge in [0.05, 0.1) is 6.61 Å². The van der Waals surface area contributed by atoms with Crippen molar-refractivity contribution < 1.29 is 9.53 Å². The molecule has 0 unspecified atom stereocenters. The molecule has 0 aliphatic heterocycles. The van der Waals surface area contributed by atoms with Crippen LogP contribution in [0.25, 0.3) is 0 Å². The molecule has 0 N–H and O–H groups in total. The Morgan fingerprint density at radius 3 is 2.46 bits per heavy atom. The number of esters is 1. The number of ether oxygens (including phenoxy) is 1. The van der Waals surface area contributed by atoms with Crippen molar-refractivity contribution in [1.29, 1.82) is 0 Å². The molecule has 2 nitrogen and oxygen atoms in total.